The van der Waals surface area contributed by atoms with E-state index in [9.17, 15) is 22.5 Å². The molecule has 3 aromatic rings. The summed E-state index contributed by atoms with van der Waals surface area (Å²) in [7, 11) is -0.794. The molecule has 1 amide bonds. The lowest BCUT2D eigenvalue weighted by Gasteiger charge is -2.28. The predicted molar refractivity (Wildman–Crippen MR) is 170 cm³/mol. The standard InChI is InChI=1S/C33H41F3N5O2P/c1-5-17-44(43,18-6-2)24-13-11-23(12-14-24)38-32-37-19-27(33(34,35)36)30(40-32)39-28-16-15-25(22-9-7-21(3)8-10-22)26-20-41(4)31(42)29(26)28/h11-16,19,21-22H,5-10,17-18,20H2,1-4H3,(H2,37,38,39,40)/t21-,22-. The molecule has 2 N–H and O–H groups in total. The van der Waals surface area contributed by atoms with Crippen LogP contribution in [0.1, 0.15) is 92.3 Å². The number of carbonyl (C=O) groups is 1. The van der Waals surface area contributed by atoms with Crippen LogP contribution in [0.4, 0.5) is 36.3 Å². The number of amides is 1. The smallest absolute Gasteiger partial charge is 0.339 e. The van der Waals surface area contributed by atoms with Gasteiger partial charge < -0.3 is 20.1 Å². The van der Waals surface area contributed by atoms with Crippen molar-refractivity contribution in [3.05, 3.63) is 64.8 Å². The summed E-state index contributed by atoms with van der Waals surface area (Å²) < 4.78 is 55.8. The molecule has 0 radical (unpaired) electrons. The van der Waals surface area contributed by atoms with Crippen LogP contribution < -0.4 is 15.9 Å². The second kappa shape index (κ2) is 12.9. The zero-order chi connectivity index (χ0) is 31.6. The van der Waals surface area contributed by atoms with Crippen LogP contribution in [-0.4, -0.2) is 40.1 Å². The number of carbonyl (C=O) groups excluding carboxylic acids is 1. The van der Waals surface area contributed by atoms with Gasteiger partial charge in [-0.1, -0.05) is 39.7 Å². The van der Waals surface area contributed by atoms with E-state index in [-0.39, 0.29) is 11.9 Å². The Morgan fingerprint density at radius 1 is 0.977 bits per heavy atom. The lowest BCUT2D eigenvalue weighted by Crippen LogP contribution is -2.18. The summed E-state index contributed by atoms with van der Waals surface area (Å²) in [6, 6.07) is 10.8. The van der Waals surface area contributed by atoms with Crippen molar-refractivity contribution in [1.82, 2.24) is 14.9 Å². The molecule has 44 heavy (non-hydrogen) atoms. The van der Waals surface area contributed by atoms with Crippen molar-refractivity contribution in [2.24, 2.45) is 5.92 Å². The Balaban J connectivity index is 1.45. The maximum atomic E-state index is 14.1. The number of benzene rings is 2. The molecule has 2 aromatic carbocycles. The molecule has 7 nitrogen and oxygen atoms in total. The topological polar surface area (TPSA) is 87.2 Å². The van der Waals surface area contributed by atoms with Crippen molar-refractivity contribution in [1.29, 1.82) is 0 Å². The fourth-order valence-electron chi connectivity index (χ4n) is 6.55. The van der Waals surface area contributed by atoms with Crippen LogP contribution >= 0.6 is 7.14 Å². The third-order valence-electron chi connectivity index (χ3n) is 8.87. The number of aromatic nitrogens is 2. The van der Waals surface area contributed by atoms with E-state index in [0.29, 0.717) is 47.6 Å². The molecule has 236 valence electrons. The fourth-order valence-corrected chi connectivity index (χ4v) is 9.42. The maximum Gasteiger partial charge on any atom is 0.421 e. The number of anilines is 4. The molecule has 1 aromatic heterocycles. The summed E-state index contributed by atoms with van der Waals surface area (Å²) in [6.07, 6.45) is 3.24. The Morgan fingerprint density at radius 2 is 1.64 bits per heavy atom. The molecule has 0 bridgehead atoms. The molecule has 2 heterocycles. The molecule has 2 aliphatic rings. The summed E-state index contributed by atoms with van der Waals surface area (Å²) in [6.45, 7) is 6.70. The number of nitrogens with zero attached hydrogens (tertiary/aromatic N) is 3. The number of alkyl halides is 3. The van der Waals surface area contributed by atoms with Crippen molar-refractivity contribution < 1.29 is 22.5 Å². The minimum Gasteiger partial charge on any atom is -0.339 e. The van der Waals surface area contributed by atoms with Crippen molar-refractivity contribution in [2.75, 3.05) is 30.0 Å². The molecule has 1 aliphatic carbocycles. The second-order valence-electron chi connectivity index (χ2n) is 12.3. The molecule has 0 spiro atoms. The summed E-state index contributed by atoms with van der Waals surface area (Å²) in [4.78, 5) is 23.0. The van der Waals surface area contributed by atoms with Crippen LogP contribution in [0.25, 0.3) is 0 Å². The normalized spacial score (nSPS) is 18.8. The van der Waals surface area contributed by atoms with E-state index in [1.807, 2.05) is 19.9 Å². The Kier molecular flexibility index (Phi) is 9.40. The van der Waals surface area contributed by atoms with Gasteiger partial charge in [0.05, 0.1) is 11.3 Å². The molecule has 11 heteroatoms. The molecule has 0 unspecified atom stereocenters. The Morgan fingerprint density at radius 3 is 2.25 bits per heavy atom. The Hall–Kier alpha value is -3.39. The average Bonchev–Trinajstić information content (AvgIpc) is 3.28. The number of rotatable bonds is 10. The van der Waals surface area contributed by atoms with Crippen molar-refractivity contribution in [3.63, 3.8) is 0 Å². The first-order valence-corrected chi connectivity index (χ1v) is 17.6. The van der Waals surface area contributed by atoms with E-state index in [1.165, 1.54) is 0 Å². The first-order valence-electron chi connectivity index (χ1n) is 15.5. The molecule has 0 atom stereocenters. The molecule has 0 saturated heterocycles. The largest absolute Gasteiger partial charge is 0.421 e. The summed E-state index contributed by atoms with van der Waals surface area (Å²) >= 11 is 0. The SMILES string of the molecule is CCCP(=O)(CCC)c1ccc(Nc2ncc(C(F)(F)F)c(Nc3ccc([C@H]4CC[C@H](C)CC4)c4c3C(=O)N(C)C4)n2)cc1. The number of halogens is 3. The third-order valence-corrected chi connectivity index (χ3v) is 12.5. The number of fused-ring (bicyclic) bond motifs is 1. The first kappa shape index (κ1) is 32.0. The summed E-state index contributed by atoms with van der Waals surface area (Å²) in [5, 5.41) is 6.63. The van der Waals surface area contributed by atoms with Crippen molar-refractivity contribution in [2.45, 2.75) is 77.9 Å². The summed E-state index contributed by atoms with van der Waals surface area (Å²) in [5.74, 6) is 0.307. The Labute approximate surface area is 257 Å². The monoisotopic (exact) mass is 627 g/mol. The van der Waals surface area contributed by atoms with Crippen LogP contribution in [-0.2, 0) is 17.3 Å². The van der Waals surface area contributed by atoms with Crippen molar-refractivity contribution in [3.8, 4) is 0 Å². The molecule has 1 saturated carbocycles. The second-order valence-corrected chi connectivity index (χ2v) is 15.5. The minimum atomic E-state index is -4.72. The lowest BCUT2D eigenvalue weighted by atomic mass is 9.77. The van der Waals surface area contributed by atoms with Gasteiger partial charge in [-0.25, -0.2) is 4.98 Å². The van der Waals surface area contributed by atoms with E-state index < -0.39 is 24.7 Å². The van der Waals surface area contributed by atoms with Gasteiger partial charge in [0.2, 0.25) is 5.95 Å². The van der Waals surface area contributed by atoms with Gasteiger partial charge in [-0.3, -0.25) is 4.79 Å². The third kappa shape index (κ3) is 6.65. The van der Waals surface area contributed by atoms with E-state index in [1.54, 1.807) is 42.3 Å². The average molecular weight is 628 g/mol. The highest BCUT2D eigenvalue weighted by Gasteiger charge is 2.37. The van der Waals surface area contributed by atoms with Gasteiger partial charge in [0.15, 0.2) is 0 Å². The molecule has 5 rings (SSSR count). The molecule has 1 fully saturated rings. The Bertz CT molecular complexity index is 1540. The lowest BCUT2D eigenvalue weighted by molar-refractivity contribution is -0.137. The van der Waals surface area contributed by atoms with Crippen LogP contribution in [0.15, 0.2) is 42.6 Å². The van der Waals surface area contributed by atoms with Crippen LogP contribution in [0.3, 0.4) is 0 Å². The van der Waals surface area contributed by atoms with Crippen molar-refractivity contribution >= 4 is 41.5 Å². The zero-order valence-corrected chi connectivity index (χ0v) is 26.7. The number of hydrogen-bond acceptors (Lipinski definition) is 6. The van der Waals surface area contributed by atoms with Gasteiger partial charge in [0, 0.05) is 43.1 Å². The maximum absolute atomic E-state index is 14.1. The van der Waals surface area contributed by atoms with E-state index in [2.05, 4.69) is 27.5 Å². The number of hydrogen-bond donors (Lipinski definition) is 2. The fraction of sp³-hybridized carbons (Fsp3) is 0.485. The van der Waals surface area contributed by atoms with Gasteiger partial charge >= 0.3 is 6.18 Å². The van der Waals surface area contributed by atoms with Gasteiger partial charge in [0.25, 0.3) is 5.91 Å². The van der Waals surface area contributed by atoms with Gasteiger partial charge in [0.1, 0.15) is 18.5 Å². The van der Waals surface area contributed by atoms with Crippen LogP contribution in [0.5, 0.6) is 0 Å². The first-order chi connectivity index (χ1) is 20.9. The highest BCUT2D eigenvalue weighted by molar-refractivity contribution is 7.71. The van der Waals surface area contributed by atoms with Gasteiger partial charge in [-0.05, 0) is 79.0 Å². The van der Waals surface area contributed by atoms with E-state index in [0.717, 1.165) is 61.2 Å². The van der Waals surface area contributed by atoms with Crippen LogP contribution in [0.2, 0.25) is 0 Å². The van der Waals surface area contributed by atoms with Gasteiger partial charge in [-0.2, -0.15) is 18.2 Å². The van der Waals surface area contributed by atoms with Gasteiger partial charge in [-0.15, -0.1) is 0 Å². The molecule has 1 aliphatic heterocycles. The highest BCUT2D eigenvalue weighted by Crippen LogP contribution is 2.46. The highest BCUT2D eigenvalue weighted by atomic mass is 31.2. The number of nitrogens with one attached hydrogen (secondary N) is 2. The summed E-state index contributed by atoms with van der Waals surface area (Å²) in [5.41, 5.74) is 2.22. The quantitative estimate of drug-likeness (QED) is 0.219. The van der Waals surface area contributed by atoms with E-state index >= 15 is 0 Å². The van der Waals surface area contributed by atoms with E-state index in [4.69, 9.17) is 0 Å². The predicted octanol–water partition coefficient (Wildman–Crippen LogP) is 8.67. The van der Waals surface area contributed by atoms with Crippen LogP contribution in [0, 0.1) is 5.92 Å². The molecular formula is C33H41F3N5O2P. The molecular weight excluding hydrogens is 586 g/mol. The minimum absolute atomic E-state index is 0.0356. The zero-order valence-electron chi connectivity index (χ0n) is 25.8.